The van der Waals surface area contributed by atoms with Crippen molar-refractivity contribution >= 4 is 58.1 Å². The maximum absolute atomic E-state index is 12.4. The molecule has 0 radical (unpaired) electrons. The van der Waals surface area contributed by atoms with E-state index in [2.05, 4.69) is 5.32 Å². The Kier molecular flexibility index (Phi) is 5.24. The molecule has 3 amide bonds. The van der Waals surface area contributed by atoms with E-state index in [0.29, 0.717) is 27.1 Å². The molecule has 0 saturated carbocycles. The Bertz CT molecular complexity index is 1230. The number of carboxylic acids is 1. The molecule has 152 valence electrons. The van der Waals surface area contributed by atoms with Gasteiger partial charge in [0.15, 0.2) is 0 Å². The van der Waals surface area contributed by atoms with E-state index in [9.17, 15) is 14.4 Å². The first-order chi connectivity index (χ1) is 14.3. The SMILES string of the molecule is O=C(O)CN1C(=O)N/C(=C/c2cn(Cc3ccc(Cl)cc3Cl)c3ccccc23)C1=O. The zero-order chi connectivity index (χ0) is 21.4. The standard InChI is InChI=1S/C21H15Cl2N3O4/c22-14-6-5-12(16(23)8-14)9-25-10-13(15-3-1-2-4-18(15)25)7-17-20(29)26(11-19(27)28)21(30)24-17/h1-8,10H,9,11H2,(H,24,30)(H,27,28)/b17-7+. The Hall–Kier alpha value is -3.29. The van der Waals surface area contributed by atoms with Gasteiger partial charge in [0, 0.05) is 39.3 Å². The summed E-state index contributed by atoms with van der Waals surface area (Å²) in [5.74, 6) is -1.95. The average Bonchev–Trinajstić information content (AvgIpc) is 3.16. The van der Waals surface area contributed by atoms with Gasteiger partial charge < -0.3 is 15.0 Å². The van der Waals surface area contributed by atoms with E-state index in [1.807, 2.05) is 41.1 Å². The number of aromatic nitrogens is 1. The van der Waals surface area contributed by atoms with Crippen LogP contribution in [-0.2, 0) is 16.1 Å². The number of aliphatic carboxylic acids is 1. The largest absolute Gasteiger partial charge is 0.480 e. The minimum atomic E-state index is -1.27. The van der Waals surface area contributed by atoms with Crippen LogP contribution in [0.2, 0.25) is 10.0 Å². The van der Waals surface area contributed by atoms with Crippen LogP contribution in [0.5, 0.6) is 0 Å². The molecule has 2 N–H and O–H groups in total. The van der Waals surface area contributed by atoms with Crippen molar-refractivity contribution in [3.05, 3.63) is 75.5 Å². The van der Waals surface area contributed by atoms with Crippen molar-refractivity contribution < 1.29 is 19.5 Å². The lowest BCUT2D eigenvalue weighted by Gasteiger charge is -2.08. The summed E-state index contributed by atoms with van der Waals surface area (Å²) in [6, 6.07) is 12.1. The van der Waals surface area contributed by atoms with E-state index >= 15 is 0 Å². The molecule has 7 nitrogen and oxygen atoms in total. The Morgan fingerprint density at radius 3 is 2.63 bits per heavy atom. The number of carbonyl (C=O) groups is 3. The third kappa shape index (κ3) is 3.77. The van der Waals surface area contributed by atoms with Crippen LogP contribution in [0.4, 0.5) is 4.79 Å². The number of urea groups is 1. The van der Waals surface area contributed by atoms with Crippen LogP contribution < -0.4 is 5.32 Å². The smallest absolute Gasteiger partial charge is 0.329 e. The minimum absolute atomic E-state index is 0.0219. The highest BCUT2D eigenvalue weighted by atomic mass is 35.5. The Balaban J connectivity index is 1.72. The second-order valence-corrected chi connectivity index (χ2v) is 7.58. The number of hydrogen-bond donors (Lipinski definition) is 2. The van der Waals surface area contributed by atoms with Gasteiger partial charge in [-0.15, -0.1) is 0 Å². The molecule has 4 rings (SSSR count). The van der Waals surface area contributed by atoms with Gasteiger partial charge in [-0.1, -0.05) is 47.5 Å². The summed E-state index contributed by atoms with van der Waals surface area (Å²) < 4.78 is 1.98. The fraction of sp³-hybridized carbons (Fsp3) is 0.0952. The molecule has 1 saturated heterocycles. The summed E-state index contributed by atoms with van der Waals surface area (Å²) in [5.41, 5.74) is 2.51. The normalized spacial score (nSPS) is 15.3. The second-order valence-electron chi connectivity index (χ2n) is 6.74. The minimum Gasteiger partial charge on any atom is -0.480 e. The molecule has 3 aromatic rings. The molecule has 0 aliphatic carbocycles. The highest BCUT2D eigenvalue weighted by Crippen LogP contribution is 2.28. The number of fused-ring (bicyclic) bond motifs is 1. The number of nitrogens with zero attached hydrogens (tertiary/aromatic N) is 2. The lowest BCUT2D eigenvalue weighted by molar-refractivity contribution is -0.140. The van der Waals surface area contributed by atoms with Crippen LogP contribution in [-0.4, -0.2) is 39.0 Å². The summed E-state index contributed by atoms with van der Waals surface area (Å²) in [6.45, 7) is -0.218. The number of para-hydroxylation sites is 1. The van der Waals surface area contributed by atoms with Gasteiger partial charge >= 0.3 is 12.0 Å². The van der Waals surface area contributed by atoms with E-state index < -0.39 is 24.5 Å². The Morgan fingerprint density at radius 2 is 1.90 bits per heavy atom. The summed E-state index contributed by atoms with van der Waals surface area (Å²) in [4.78, 5) is 35.9. The summed E-state index contributed by atoms with van der Waals surface area (Å²) in [6.07, 6.45) is 3.40. The van der Waals surface area contributed by atoms with E-state index in [1.165, 1.54) is 0 Å². The Morgan fingerprint density at radius 1 is 1.13 bits per heavy atom. The molecule has 2 aromatic carbocycles. The number of nitrogens with one attached hydrogen (secondary N) is 1. The molecular formula is C21H15Cl2N3O4. The van der Waals surface area contributed by atoms with Gasteiger partial charge in [-0.3, -0.25) is 9.59 Å². The van der Waals surface area contributed by atoms with Crippen LogP contribution in [0, 0.1) is 0 Å². The summed E-state index contributed by atoms with van der Waals surface area (Å²) in [7, 11) is 0. The number of imide groups is 1. The maximum Gasteiger partial charge on any atom is 0.329 e. The molecule has 0 unspecified atom stereocenters. The van der Waals surface area contributed by atoms with Crippen LogP contribution in [0.3, 0.4) is 0 Å². The van der Waals surface area contributed by atoms with Crippen molar-refractivity contribution in [2.24, 2.45) is 0 Å². The van der Waals surface area contributed by atoms with Crippen molar-refractivity contribution in [1.82, 2.24) is 14.8 Å². The molecule has 9 heteroatoms. The van der Waals surface area contributed by atoms with Gasteiger partial charge in [-0.25, -0.2) is 9.69 Å². The number of benzene rings is 2. The third-order valence-corrected chi connectivity index (χ3v) is 5.32. The topological polar surface area (TPSA) is 91.6 Å². The van der Waals surface area contributed by atoms with Gasteiger partial charge in [0.05, 0.1) is 0 Å². The first-order valence-electron chi connectivity index (χ1n) is 8.91. The van der Waals surface area contributed by atoms with E-state index in [0.717, 1.165) is 16.5 Å². The lowest BCUT2D eigenvalue weighted by atomic mass is 10.1. The lowest BCUT2D eigenvalue weighted by Crippen LogP contribution is -2.35. The van der Waals surface area contributed by atoms with Gasteiger partial charge in [0.2, 0.25) is 0 Å². The third-order valence-electron chi connectivity index (χ3n) is 4.73. The van der Waals surface area contributed by atoms with Crippen LogP contribution >= 0.6 is 23.2 Å². The fourth-order valence-electron chi connectivity index (χ4n) is 3.36. The zero-order valence-electron chi connectivity index (χ0n) is 15.4. The van der Waals surface area contributed by atoms with Crippen molar-refractivity contribution in [3.8, 4) is 0 Å². The van der Waals surface area contributed by atoms with E-state index in [-0.39, 0.29) is 5.70 Å². The highest BCUT2D eigenvalue weighted by molar-refractivity contribution is 6.35. The van der Waals surface area contributed by atoms with Gasteiger partial charge in [0.25, 0.3) is 5.91 Å². The second kappa shape index (κ2) is 7.85. The van der Waals surface area contributed by atoms with Gasteiger partial charge in [0.1, 0.15) is 12.2 Å². The summed E-state index contributed by atoms with van der Waals surface area (Å²) >= 11 is 12.3. The monoisotopic (exact) mass is 443 g/mol. The highest BCUT2D eigenvalue weighted by Gasteiger charge is 2.35. The number of carboxylic acid groups (broad SMARTS) is 1. The van der Waals surface area contributed by atoms with Crippen molar-refractivity contribution in [1.29, 1.82) is 0 Å². The zero-order valence-corrected chi connectivity index (χ0v) is 16.9. The first-order valence-corrected chi connectivity index (χ1v) is 9.67. The van der Waals surface area contributed by atoms with Crippen molar-refractivity contribution in [2.45, 2.75) is 6.54 Å². The molecule has 1 aliphatic rings. The number of carbonyl (C=O) groups excluding carboxylic acids is 2. The van der Waals surface area contributed by atoms with Crippen molar-refractivity contribution in [2.75, 3.05) is 6.54 Å². The predicted molar refractivity (Wildman–Crippen MR) is 113 cm³/mol. The Labute approximate surface area is 181 Å². The molecule has 0 atom stereocenters. The molecular weight excluding hydrogens is 429 g/mol. The molecule has 30 heavy (non-hydrogen) atoms. The quantitative estimate of drug-likeness (QED) is 0.460. The molecule has 1 fully saturated rings. The van der Waals surface area contributed by atoms with E-state index in [4.69, 9.17) is 28.3 Å². The molecule has 1 aliphatic heterocycles. The van der Waals surface area contributed by atoms with Crippen LogP contribution in [0.1, 0.15) is 11.1 Å². The predicted octanol–water partition coefficient (Wildman–Crippen LogP) is 3.97. The number of hydrogen-bond acceptors (Lipinski definition) is 3. The number of amides is 3. The van der Waals surface area contributed by atoms with Crippen LogP contribution in [0.15, 0.2) is 54.4 Å². The molecule has 0 bridgehead atoms. The molecule has 0 spiro atoms. The first kappa shape index (κ1) is 20.0. The number of halogens is 2. The number of rotatable bonds is 5. The average molecular weight is 444 g/mol. The van der Waals surface area contributed by atoms with Crippen molar-refractivity contribution in [3.63, 3.8) is 0 Å². The summed E-state index contributed by atoms with van der Waals surface area (Å²) in [5, 5.41) is 13.3. The molecule has 2 heterocycles. The van der Waals surface area contributed by atoms with Gasteiger partial charge in [-0.2, -0.15) is 0 Å². The fourth-order valence-corrected chi connectivity index (χ4v) is 3.83. The van der Waals surface area contributed by atoms with Gasteiger partial charge in [-0.05, 0) is 29.8 Å². The van der Waals surface area contributed by atoms with Crippen LogP contribution in [0.25, 0.3) is 17.0 Å². The maximum atomic E-state index is 12.4. The van der Waals surface area contributed by atoms with E-state index in [1.54, 1.807) is 18.2 Å². The molecule has 1 aromatic heterocycles.